The number of rotatable bonds is 27. The van der Waals surface area contributed by atoms with Crippen molar-refractivity contribution in [3.05, 3.63) is 57.9 Å². The fourth-order valence-corrected chi connectivity index (χ4v) is 6.40. The molecule has 1 aromatic heterocycles. The topological polar surface area (TPSA) is 312 Å². The van der Waals surface area contributed by atoms with Gasteiger partial charge in [-0.15, -0.1) is 0 Å². The van der Waals surface area contributed by atoms with Crippen molar-refractivity contribution in [1.29, 1.82) is 0 Å². The minimum absolute atomic E-state index is 0.0140. The third kappa shape index (κ3) is 15.5. The lowest BCUT2D eigenvalue weighted by atomic mass is 10.1. The molecular weight excluding hydrogens is 851 g/mol. The number of fused-ring (bicyclic) bond motifs is 2. The molecule has 0 spiro atoms. The molecule has 0 unspecified atom stereocenters. The number of thiocarbonyl (C=S) groups is 1. The molecule has 2 heterocycles. The molecule has 4 rings (SSSR count). The molecule has 0 saturated carbocycles. The zero-order valence-electron chi connectivity index (χ0n) is 34.1. The molecule has 1 aliphatic heterocycles. The molecule has 0 fully saturated rings. The van der Waals surface area contributed by atoms with Crippen LogP contribution in [-0.4, -0.2) is 183 Å². The van der Waals surface area contributed by atoms with Gasteiger partial charge in [0.25, 0.3) is 5.91 Å². The number of hydrogen-bond acceptors (Lipinski definition) is 16. The van der Waals surface area contributed by atoms with Gasteiger partial charge in [0.2, 0.25) is 24.0 Å². The first-order valence-electron chi connectivity index (χ1n) is 19.4. The molecule has 0 radical (unpaired) electrons. The number of hydrogen-bond donors (Lipinski definition) is 7. The van der Waals surface area contributed by atoms with Gasteiger partial charge in [-0.05, 0) is 30.7 Å². The fourth-order valence-electron chi connectivity index (χ4n) is 6.34. The van der Waals surface area contributed by atoms with Crippen LogP contribution in [0.5, 0.6) is 11.5 Å². The van der Waals surface area contributed by atoms with Gasteiger partial charge in [0, 0.05) is 69.9 Å². The minimum Gasteiger partial charge on any atom is -0.480 e. The second-order valence-electron chi connectivity index (χ2n) is 13.9. The molecule has 7 N–H and O–H groups in total. The Morgan fingerprint density at radius 1 is 0.810 bits per heavy atom. The first-order chi connectivity index (χ1) is 30.1. The lowest BCUT2D eigenvalue weighted by Gasteiger charge is -2.28. The zero-order chi connectivity index (χ0) is 46.1. The summed E-state index contributed by atoms with van der Waals surface area (Å²) in [7, 11) is 0. The van der Waals surface area contributed by atoms with Gasteiger partial charge in [-0.1, -0.05) is 24.4 Å². The van der Waals surface area contributed by atoms with Crippen molar-refractivity contribution in [3.63, 3.8) is 0 Å². The van der Waals surface area contributed by atoms with E-state index in [9.17, 15) is 58.8 Å². The summed E-state index contributed by atoms with van der Waals surface area (Å²) in [4.78, 5) is 107. The van der Waals surface area contributed by atoms with Crippen LogP contribution in [0.4, 0.5) is 5.69 Å². The molecule has 0 saturated heterocycles. The van der Waals surface area contributed by atoms with E-state index < -0.39 is 85.8 Å². The van der Waals surface area contributed by atoms with Crippen molar-refractivity contribution in [3.8, 4) is 11.5 Å². The summed E-state index contributed by atoms with van der Waals surface area (Å²) in [5.74, 6) is -6.60. The number of aromatic nitrogens is 2. The molecule has 23 nitrogen and oxygen atoms in total. The number of aliphatic carboxylic acids is 4. The SMILES string of the molecule is CCn1nc(C(=O)NCCNC(=O)CN(CCN(CCN(CC(=O)O)CC(=O)N[C@@H](Cc2ccc(N=CC=S)cc2)C(=O)O)CC(=O)O)CC(=O)O)c(=O)c2cc3c(cc21)OCO3. The molecule has 63 heavy (non-hydrogen) atoms. The number of nitrogens with one attached hydrogen (secondary N) is 3. The number of aliphatic imine (C=N–C) groups is 1. The lowest BCUT2D eigenvalue weighted by Crippen LogP contribution is -2.49. The first-order valence-corrected chi connectivity index (χ1v) is 19.8. The summed E-state index contributed by atoms with van der Waals surface area (Å²) in [6, 6.07) is 8.27. The van der Waals surface area contributed by atoms with Crippen molar-refractivity contribution in [2.75, 3.05) is 78.8 Å². The fraction of sp³-hybridized carbons (Fsp3) is 0.410. The van der Waals surface area contributed by atoms with Crippen LogP contribution in [0.2, 0.25) is 0 Å². The Hall–Kier alpha value is -6.89. The van der Waals surface area contributed by atoms with E-state index in [1.807, 2.05) is 0 Å². The van der Waals surface area contributed by atoms with Crippen LogP contribution in [-0.2, 0) is 41.7 Å². The predicted molar refractivity (Wildman–Crippen MR) is 227 cm³/mol. The van der Waals surface area contributed by atoms with E-state index in [1.54, 1.807) is 37.3 Å². The van der Waals surface area contributed by atoms with Crippen LogP contribution < -0.4 is 30.9 Å². The highest BCUT2D eigenvalue weighted by Crippen LogP contribution is 2.35. The quantitative estimate of drug-likeness (QED) is 0.0265. The molecule has 0 aliphatic carbocycles. The Morgan fingerprint density at radius 3 is 1.94 bits per heavy atom. The van der Waals surface area contributed by atoms with E-state index in [0.29, 0.717) is 34.8 Å². The second kappa shape index (κ2) is 23.9. The molecule has 0 bridgehead atoms. The largest absolute Gasteiger partial charge is 0.480 e. The number of nitrogens with zero attached hydrogens (tertiary/aromatic N) is 6. The van der Waals surface area contributed by atoms with E-state index in [0.717, 1.165) is 0 Å². The maximum atomic E-state index is 13.2. The summed E-state index contributed by atoms with van der Waals surface area (Å²) < 4.78 is 12.2. The summed E-state index contributed by atoms with van der Waals surface area (Å²) in [5, 5.41) is 51.5. The molecule has 3 aromatic rings. The van der Waals surface area contributed by atoms with Gasteiger partial charge in [0.1, 0.15) is 6.04 Å². The Morgan fingerprint density at radius 2 is 1.37 bits per heavy atom. The second-order valence-corrected chi connectivity index (χ2v) is 14.2. The van der Waals surface area contributed by atoms with Crippen molar-refractivity contribution in [2.45, 2.75) is 25.9 Å². The van der Waals surface area contributed by atoms with Crippen molar-refractivity contribution < 1.29 is 63.5 Å². The number of benzene rings is 2. The van der Waals surface area contributed by atoms with Gasteiger partial charge in [0.15, 0.2) is 17.2 Å². The van der Waals surface area contributed by atoms with Gasteiger partial charge < -0.3 is 45.9 Å². The van der Waals surface area contributed by atoms with E-state index >= 15 is 0 Å². The molecule has 2 aromatic carbocycles. The summed E-state index contributed by atoms with van der Waals surface area (Å²) in [6.07, 6.45) is 1.32. The van der Waals surface area contributed by atoms with Gasteiger partial charge in [-0.25, -0.2) is 4.79 Å². The van der Waals surface area contributed by atoms with Crippen LogP contribution in [0.15, 0.2) is 46.2 Å². The minimum atomic E-state index is -1.36. The van der Waals surface area contributed by atoms with E-state index in [4.69, 9.17) is 21.7 Å². The smallest absolute Gasteiger partial charge is 0.326 e. The maximum absolute atomic E-state index is 13.2. The van der Waals surface area contributed by atoms with Gasteiger partial charge >= 0.3 is 23.9 Å². The number of carboxylic acids is 4. The number of aryl methyl sites for hydroxylation is 1. The van der Waals surface area contributed by atoms with Gasteiger partial charge in [-0.3, -0.25) is 57.9 Å². The van der Waals surface area contributed by atoms with Crippen LogP contribution in [0.25, 0.3) is 10.9 Å². The monoisotopic (exact) mass is 897 g/mol. The highest BCUT2D eigenvalue weighted by Gasteiger charge is 2.25. The van der Waals surface area contributed by atoms with E-state index in [1.165, 1.54) is 37.0 Å². The molecule has 3 amide bonds. The van der Waals surface area contributed by atoms with E-state index in [-0.39, 0.29) is 63.6 Å². The Labute approximate surface area is 364 Å². The van der Waals surface area contributed by atoms with Crippen LogP contribution >= 0.6 is 12.2 Å². The number of carbonyl (C=O) groups excluding carboxylic acids is 3. The highest BCUT2D eigenvalue weighted by molar-refractivity contribution is 7.80. The summed E-state index contributed by atoms with van der Waals surface area (Å²) in [5.41, 5.74) is 0.586. The third-order valence-corrected chi connectivity index (χ3v) is 9.39. The van der Waals surface area contributed by atoms with Gasteiger partial charge in [-0.2, -0.15) is 5.10 Å². The van der Waals surface area contributed by atoms with Crippen molar-refractivity contribution in [2.24, 2.45) is 4.99 Å². The number of amides is 3. The van der Waals surface area contributed by atoms with Crippen LogP contribution in [0, 0.1) is 0 Å². The first kappa shape index (κ1) is 48.8. The zero-order valence-corrected chi connectivity index (χ0v) is 34.9. The standard InChI is InChI=1S/C39H47N9O14S/c1-2-48-28-17-30-29(61-23-62-30)16-26(28)37(57)36(44-48)38(58)42-8-7-41-31(49)18-46(21-34(53)54)12-10-45(20-33(51)52)11-13-47(22-35(55)56)19-32(50)43-27(39(59)60)15-24-3-5-25(6-4-24)40-9-14-63/h3-6,9,14,16-17,27H,2,7-8,10-13,15,18-23H2,1H3,(H,41,49)(H,42,58)(H,43,50)(H,51,52)(H,53,54)(H,55,56)(H,59,60)/t27-/m0/s1. The number of ether oxygens (including phenoxy) is 2. The third-order valence-electron chi connectivity index (χ3n) is 9.27. The molecule has 338 valence electrons. The molecular formula is C39H47N9O14S. The predicted octanol–water partition coefficient (Wildman–Crippen LogP) is -1.33. The normalized spacial score (nSPS) is 12.4. The van der Waals surface area contributed by atoms with Crippen LogP contribution in [0.1, 0.15) is 23.0 Å². The van der Waals surface area contributed by atoms with Crippen molar-refractivity contribution in [1.82, 2.24) is 40.4 Å². The van der Waals surface area contributed by atoms with Crippen molar-refractivity contribution >= 4 is 82.0 Å². The van der Waals surface area contributed by atoms with Crippen LogP contribution in [0.3, 0.4) is 0 Å². The Kier molecular flexibility index (Phi) is 18.5. The van der Waals surface area contributed by atoms with E-state index in [2.05, 4.69) is 26.0 Å². The Bertz CT molecular complexity index is 2270. The Balaban J connectivity index is 1.29. The lowest BCUT2D eigenvalue weighted by molar-refractivity contribution is -0.143. The van der Waals surface area contributed by atoms with Gasteiger partial charge in [0.05, 0.1) is 49.3 Å². The average Bonchev–Trinajstić information content (AvgIpc) is 3.69. The maximum Gasteiger partial charge on any atom is 0.326 e. The average molecular weight is 898 g/mol. The molecule has 1 atom stereocenters. The summed E-state index contributed by atoms with van der Waals surface area (Å²) >= 11 is 4.70. The molecule has 1 aliphatic rings. The number of carbonyl (C=O) groups is 7. The number of carboxylic acid groups (broad SMARTS) is 4. The molecule has 24 heteroatoms. The highest BCUT2D eigenvalue weighted by atomic mass is 32.1. The summed E-state index contributed by atoms with van der Waals surface area (Å²) in [6.45, 7) is -1.42.